The van der Waals surface area contributed by atoms with Crippen molar-refractivity contribution in [1.29, 1.82) is 0 Å². The highest BCUT2D eigenvalue weighted by atomic mass is 16.5. The Morgan fingerprint density at radius 3 is 1.96 bits per heavy atom. The summed E-state index contributed by atoms with van der Waals surface area (Å²) in [5.41, 5.74) is 1.44. The van der Waals surface area contributed by atoms with Crippen LogP contribution in [-0.4, -0.2) is 67.2 Å². The van der Waals surface area contributed by atoms with Gasteiger partial charge in [-0.1, -0.05) is 0 Å². The number of hydrogen-bond donors (Lipinski definition) is 1. The first-order valence-corrected chi connectivity index (χ1v) is 7.84. The van der Waals surface area contributed by atoms with E-state index in [0.29, 0.717) is 43.2 Å². The van der Waals surface area contributed by atoms with Crippen molar-refractivity contribution in [2.24, 2.45) is 0 Å². The Morgan fingerprint density at radius 2 is 1.58 bits per heavy atom. The van der Waals surface area contributed by atoms with Crippen molar-refractivity contribution in [3.63, 3.8) is 0 Å². The lowest BCUT2D eigenvalue weighted by Crippen LogP contribution is -2.50. The van der Waals surface area contributed by atoms with Crippen LogP contribution in [0.4, 0.5) is 0 Å². The van der Waals surface area contributed by atoms with Gasteiger partial charge in [-0.25, -0.2) is 0 Å². The molecule has 0 spiro atoms. The smallest absolute Gasteiger partial charge is 0.325 e. The van der Waals surface area contributed by atoms with Gasteiger partial charge in [0.1, 0.15) is 17.5 Å². The number of aliphatic carboxylic acids is 1. The molecule has 1 saturated heterocycles. The van der Waals surface area contributed by atoms with Crippen molar-refractivity contribution in [3.05, 3.63) is 23.3 Å². The Balaban J connectivity index is 2.39. The summed E-state index contributed by atoms with van der Waals surface area (Å²) in [7, 11) is 3.04. The highest BCUT2D eigenvalue weighted by molar-refractivity contribution is 5.78. The first-order chi connectivity index (χ1) is 11.4. The van der Waals surface area contributed by atoms with E-state index in [1.165, 1.54) is 21.1 Å². The molecule has 1 aromatic rings. The normalized spacial score (nSPS) is 16.6. The number of carboxylic acid groups (broad SMARTS) is 1. The van der Waals surface area contributed by atoms with Crippen LogP contribution in [-0.2, 0) is 9.59 Å². The van der Waals surface area contributed by atoms with E-state index in [-0.39, 0.29) is 5.91 Å². The zero-order chi connectivity index (χ0) is 17.9. The number of carbonyl (C=O) groups is 2. The molecule has 0 bridgehead atoms. The molecule has 1 fully saturated rings. The molecule has 1 aliphatic rings. The number of ether oxygens (including phenoxy) is 2. The fourth-order valence-electron chi connectivity index (χ4n) is 3.10. The third-order valence-corrected chi connectivity index (χ3v) is 4.32. The van der Waals surface area contributed by atoms with E-state index >= 15 is 0 Å². The van der Waals surface area contributed by atoms with Gasteiger partial charge in [0.15, 0.2) is 0 Å². The molecule has 0 aromatic heterocycles. The lowest BCUT2D eigenvalue weighted by molar-refractivity contribution is -0.145. The maximum atomic E-state index is 12.0. The average molecular weight is 336 g/mol. The maximum Gasteiger partial charge on any atom is 0.325 e. The number of aryl methyl sites for hydroxylation is 1. The third kappa shape index (κ3) is 3.62. The van der Waals surface area contributed by atoms with Gasteiger partial charge in [0.05, 0.1) is 19.8 Å². The number of rotatable bonds is 5. The second-order valence-corrected chi connectivity index (χ2v) is 5.87. The summed E-state index contributed by atoms with van der Waals surface area (Å²) in [6.45, 7) is 5.41. The molecule has 132 valence electrons. The first-order valence-electron chi connectivity index (χ1n) is 7.84. The molecular weight excluding hydrogens is 312 g/mol. The van der Waals surface area contributed by atoms with Gasteiger partial charge in [0, 0.05) is 33.1 Å². The molecule has 1 aliphatic heterocycles. The summed E-state index contributed by atoms with van der Waals surface area (Å²) in [6, 6.07) is 2.73. The number of piperazine rings is 1. The molecule has 1 amide bonds. The fraction of sp³-hybridized carbons (Fsp3) is 0.529. The Kier molecular flexibility index (Phi) is 5.66. The monoisotopic (exact) mass is 336 g/mol. The minimum atomic E-state index is -0.966. The van der Waals surface area contributed by atoms with E-state index in [9.17, 15) is 14.7 Å². The van der Waals surface area contributed by atoms with Crippen LogP contribution >= 0.6 is 0 Å². The van der Waals surface area contributed by atoms with Crippen LogP contribution in [0.3, 0.4) is 0 Å². The summed E-state index contributed by atoms with van der Waals surface area (Å²) >= 11 is 0. The zero-order valence-corrected chi connectivity index (χ0v) is 14.5. The molecule has 0 radical (unpaired) electrons. The first kappa shape index (κ1) is 18.1. The minimum absolute atomic E-state index is 0.00650. The highest BCUT2D eigenvalue weighted by Crippen LogP contribution is 2.38. The second-order valence-electron chi connectivity index (χ2n) is 5.87. The average Bonchev–Trinajstić information content (AvgIpc) is 2.55. The number of methoxy groups -OCH3 is 2. The number of nitrogens with zero attached hydrogens (tertiary/aromatic N) is 2. The number of amides is 1. The van der Waals surface area contributed by atoms with Gasteiger partial charge in [-0.15, -0.1) is 0 Å². The van der Waals surface area contributed by atoms with Gasteiger partial charge in [0.25, 0.3) is 0 Å². The van der Waals surface area contributed by atoms with E-state index in [2.05, 4.69) is 0 Å². The molecule has 0 aliphatic carbocycles. The quantitative estimate of drug-likeness (QED) is 0.873. The molecular formula is C17H24N2O5. The van der Waals surface area contributed by atoms with Gasteiger partial charge < -0.3 is 19.5 Å². The maximum absolute atomic E-state index is 12.0. The van der Waals surface area contributed by atoms with Crippen LogP contribution in [0.15, 0.2) is 12.1 Å². The number of carbonyl (C=O) groups excluding carboxylic acids is 1. The predicted molar refractivity (Wildman–Crippen MR) is 88.5 cm³/mol. The molecule has 7 nitrogen and oxygen atoms in total. The Morgan fingerprint density at radius 1 is 1.08 bits per heavy atom. The van der Waals surface area contributed by atoms with Crippen molar-refractivity contribution in [3.8, 4) is 11.5 Å². The molecule has 0 unspecified atom stereocenters. The second kappa shape index (κ2) is 7.53. The molecule has 7 heteroatoms. The summed E-state index contributed by atoms with van der Waals surface area (Å²) in [6.07, 6.45) is 0. The summed E-state index contributed by atoms with van der Waals surface area (Å²) in [5, 5.41) is 9.83. The largest absolute Gasteiger partial charge is 0.496 e. The summed E-state index contributed by atoms with van der Waals surface area (Å²) in [4.78, 5) is 27.0. The van der Waals surface area contributed by atoms with Gasteiger partial charge in [-0.05, 0) is 24.6 Å². The highest BCUT2D eigenvalue weighted by Gasteiger charge is 2.35. The fourth-order valence-corrected chi connectivity index (χ4v) is 3.10. The SMILES string of the molecule is COc1cc(C)cc(OC)c1[C@@H](C(=O)O)N1CCN(C(C)=O)CC1. The van der Waals surface area contributed by atoms with E-state index < -0.39 is 12.0 Å². The Hall–Kier alpha value is -2.28. The molecule has 1 heterocycles. The van der Waals surface area contributed by atoms with Crippen molar-refractivity contribution < 1.29 is 24.2 Å². The van der Waals surface area contributed by atoms with Crippen LogP contribution in [0.2, 0.25) is 0 Å². The lowest BCUT2D eigenvalue weighted by Gasteiger charge is -2.38. The summed E-state index contributed by atoms with van der Waals surface area (Å²) < 4.78 is 10.8. The molecule has 24 heavy (non-hydrogen) atoms. The number of hydrogen-bond acceptors (Lipinski definition) is 5. The molecule has 1 atom stereocenters. The van der Waals surface area contributed by atoms with E-state index in [4.69, 9.17) is 9.47 Å². The lowest BCUT2D eigenvalue weighted by atomic mass is 9.99. The van der Waals surface area contributed by atoms with Crippen LogP contribution in [0.1, 0.15) is 24.1 Å². The Bertz CT molecular complexity index is 598. The van der Waals surface area contributed by atoms with E-state index in [1.54, 1.807) is 17.0 Å². The van der Waals surface area contributed by atoms with Crippen molar-refractivity contribution in [2.75, 3.05) is 40.4 Å². The molecule has 1 aromatic carbocycles. The zero-order valence-electron chi connectivity index (χ0n) is 14.5. The van der Waals surface area contributed by atoms with E-state index in [1.807, 2.05) is 11.8 Å². The van der Waals surface area contributed by atoms with Gasteiger partial charge in [-0.3, -0.25) is 14.5 Å². The van der Waals surface area contributed by atoms with Crippen LogP contribution in [0, 0.1) is 6.92 Å². The van der Waals surface area contributed by atoms with Crippen LogP contribution in [0.5, 0.6) is 11.5 Å². The molecule has 2 rings (SSSR count). The van der Waals surface area contributed by atoms with Crippen molar-refractivity contribution >= 4 is 11.9 Å². The van der Waals surface area contributed by atoms with Gasteiger partial charge in [-0.2, -0.15) is 0 Å². The standard InChI is InChI=1S/C17H24N2O5/c1-11-9-13(23-3)15(14(10-11)24-4)16(17(21)22)19-7-5-18(6-8-19)12(2)20/h9-10,16H,5-8H2,1-4H3,(H,21,22)/t16-/m0/s1. The molecule has 0 saturated carbocycles. The summed E-state index contributed by atoms with van der Waals surface area (Å²) in [5.74, 6) is 0.0280. The van der Waals surface area contributed by atoms with E-state index in [0.717, 1.165) is 5.56 Å². The minimum Gasteiger partial charge on any atom is -0.496 e. The predicted octanol–water partition coefficient (Wildman–Crippen LogP) is 1.30. The third-order valence-electron chi connectivity index (χ3n) is 4.32. The number of carboxylic acids is 1. The van der Waals surface area contributed by atoms with Gasteiger partial charge in [0.2, 0.25) is 5.91 Å². The number of benzene rings is 1. The van der Waals surface area contributed by atoms with Gasteiger partial charge >= 0.3 is 5.97 Å². The Labute approximate surface area is 141 Å². The van der Waals surface area contributed by atoms with Crippen molar-refractivity contribution in [1.82, 2.24) is 9.80 Å². The van der Waals surface area contributed by atoms with Crippen molar-refractivity contribution in [2.45, 2.75) is 19.9 Å². The molecule has 1 N–H and O–H groups in total. The topological polar surface area (TPSA) is 79.3 Å². The van der Waals surface area contributed by atoms with Crippen LogP contribution in [0.25, 0.3) is 0 Å². The van der Waals surface area contributed by atoms with Crippen LogP contribution < -0.4 is 9.47 Å².